The zero-order valence-electron chi connectivity index (χ0n) is 15.4. The summed E-state index contributed by atoms with van der Waals surface area (Å²) in [4.78, 5) is 24.7. The zero-order chi connectivity index (χ0) is 19.4. The van der Waals surface area contributed by atoms with Crippen molar-refractivity contribution in [2.75, 3.05) is 11.6 Å². The molecule has 0 saturated carbocycles. The molecule has 1 heterocycles. The summed E-state index contributed by atoms with van der Waals surface area (Å²) in [5.74, 6) is -0.787. The first-order valence-corrected chi connectivity index (χ1v) is 8.87. The maximum atomic E-state index is 14.1. The Morgan fingerprint density at radius 3 is 2.48 bits per heavy atom. The predicted octanol–water partition coefficient (Wildman–Crippen LogP) is 3.40. The fourth-order valence-electron chi connectivity index (χ4n) is 3.00. The number of hydrogen-bond acceptors (Lipinski definition) is 3. The van der Waals surface area contributed by atoms with Crippen LogP contribution >= 0.6 is 0 Å². The van der Waals surface area contributed by atoms with Gasteiger partial charge in [-0.25, -0.2) is 9.40 Å². The number of benzene rings is 2. The number of para-hydroxylation sites is 1. The second kappa shape index (κ2) is 7.70. The molecule has 0 bridgehead atoms. The third kappa shape index (κ3) is 4.22. The standard InChI is InChI=1S/C21H22FN3O2/c1-21(2,16-10-6-7-11-17(16)22)14-23-20(27)18-12-13-19(26)25(24-18)15-8-4-3-5-9-15/h3-11H,12-14H2,1-2H3,(H,23,27). The summed E-state index contributed by atoms with van der Waals surface area (Å²) in [6.45, 7) is 3.99. The minimum absolute atomic E-state index is 0.149. The van der Waals surface area contributed by atoms with Crippen LogP contribution in [0.4, 0.5) is 10.1 Å². The highest BCUT2D eigenvalue weighted by Gasteiger charge is 2.28. The summed E-state index contributed by atoms with van der Waals surface area (Å²) in [6.07, 6.45) is 0.506. The van der Waals surface area contributed by atoms with Crippen LogP contribution in [-0.2, 0) is 15.0 Å². The number of nitrogens with one attached hydrogen (secondary N) is 1. The van der Waals surface area contributed by atoms with Crippen molar-refractivity contribution in [3.05, 3.63) is 66.0 Å². The minimum atomic E-state index is -0.578. The molecule has 2 aromatic carbocycles. The van der Waals surface area contributed by atoms with Crippen LogP contribution in [0, 0.1) is 5.82 Å². The molecule has 140 valence electrons. The van der Waals surface area contributed by atoms with Crippen LogP contribution in [0.1, 0.15) is 32.3 Å². The largest absolute Gasteiger partial charge is 0.350 e. The van der Waals surface area contributed by atoms with E-state index >= 15 is 0 Å². The van der Waals surface area contributed by atoms with E-state index in [1.807, 2.05) is 32.0 Å². The molecule has 0 saturated heterocycles. The van der Waals surface area contributed by atoms with Gasteiger partial charge in [0.05, 0.1) is 5.69 Å². The van der Waals surface area contributed by atoms with E-state index in [4.69, 9.17) is 0 Å². The zero-order valence-corrected chi connectivity index (χ0v) is 15.4. The van der Waals surface area contributed by atoms with Gasteiger partial charge in [0.1, 0.15) is 11.5 Å². The highest BCUT2D eigenvalue weighted by atomic mass is 19.1. The number of halogens is 1. The first-order chi connectivity index (χ1) is 12.9. The Morgan fingerprint density at radius 1 is 1.11 bits per heavy atom. The fourth-order valence-corrected chi connectivity index (χ4v) is 3.00. The van der Waals surface area contributed by atoms with Crippen LogP contribution in [0.25, 0.3) is 0 Å². The molecule has 0 aliphatic carbocycles. The summed E-state index contributed by atoms with van der Waals surface area (Å²) < 4.78 is 14.1. The van der Waals surface area contributed by atoms with Gasteiger partial charge in [0, 0.05) is 24.8 Å². The van der Waals surface area contributed by atoms with Crippen molar-refractivity contribution < 1.29 is 14.0 Å². The normalized spacial score (nSPS) is 14.7. The van der Waals surface area contributed by atoms with Crippen LogP contribution in [0.2, 0.25) is 0 Å². The molecule has 1 N–H and O–H groups in total. The van der Waals surface area contributed by atoms with Crippen molar-refractivity contribution in [3.63, 3.8) is 0 Å². The number of rotatable bonds is 5. The topological polar surface area (TPSA) is 61.8 Å². The lowest BCUT2D eigenvalue weighted by molar-refractivity contribution is -0.119. The third-order valence-corrected chi connectivity index (χ3v) is 4.59. The maximum Gasteiger partial charge on any atom is 0.267 e. The number of carbonyl (C=O) groups is 2. The van der Waals surface area contributed by atoms with E-state index in [2.05, 4.69) is 10.4 Å². The van der Waals surface area contributed by atoms with E-state index in [0.29, 0.717) is 17.0 Å². The van der Waals surface area contributed by atoms with Gasteiger partial charge in [0.2, 0.25) is 5.91 Å². The van der Waals surface area contributed by atoms with Crippen LogP contribution < -0.4 is 10.3 Å². The van der Waals surface area contributed by atoms with Crippen molar-refractivity contribution in [1.29, 1.82) is 0 Å². The first kappa shape index (κ1) is 18.8. The van der Waals surface area contributed by atoms with Crippen LogP contribution in [0.5, 0.6) is 0 Å². The number of amides is 2. The quantitative estimate of drug-likeness (QED) is 0.880. The van der Waals surface area contributed by atoms with Crippen LogP contribution in [0.15, 0.2) is 59.7 Å². The van der Waals surface area contributed by atoms with Gasteiger partial charge < -0.3 is 5.32 Å². The molecule has 0 aromatic heterocycles. The Balaban J connectivity index is 1.72. The molecule has 0 atom stereocenters. The Morgan fingerprint density at radius 2 is 1.78 bits per heavy atom. The van der Waals surface area contributed by atoms with Gasteiger partial charge in [0.25, 0.3) is 5.91 Å². The minimum Gasteiger partial charge on any atom is -0.350 e. The van der Waals surface area contributed by atoms with Crippen molar-refractivity contribution in [1.82, 2.24) is 5.32 Å². The van der Waals surface area contributed by atoms with Crippen molar-refractivity contribution in [2.24, 2.45) is 5.10 Å². The lowest BCUT2D eigenvalue weighted by Gasteiger charge is -2.27. The smallest absolute Gasteiger partial charge is 0.267 e. The molecule has 27 heavy (non-hydrogen) atoms. The average molecular weight is 367 g/mol. The lowest BCUT2D eigenvalue weighted by atomic mass is 9.84. The monoisotopic (exact) mass is 367 g/mol. The Labute approximate surface area is 157 Å². The number of anilines is 1. The molecule has 0 radical (unpaired) electrons. The second-order valence-corrected chi connectivity index (χ2v) is 7.13. The molecular weight excluding hydrogens is 345 g/mol. The van der Waals surface area contributed by atoms with E-state index < -0.39 is 5.41 Å². The molecule has 0 spiro atoms. The Hall–Kier alpha value is -3.02. The molecule has 2 amide bonds. The summed E-state index contributed by atoms with van der Waals surface area (Å²) >= 11 is 0. The van der Waals surface area contributed by atoms with Gasteiger partial charge in [-0.2, -0.15) is 5.10 Å². The Kier molecular flexibility index (Phi) is 5.35. The molecule has 0 unspecified atom stereocenters. The lowest BCUT2D eigenvalue weighted by Crippen LogP contribution is -2.43. The average Bonchev–Trinajstić information content (AvgIpc) is 2.67. The highest BCUT2D eigenvalue weighted by Crippen LogP contribution is 2.25. The van der Waals surface area contributed by atoms with E-state index in [9.17, 15) is 14.0 Å². The van der Waals surface area contributed by atoms with Gasteiger partial charge in [-0.05, 0) is 23.8 Å². The Bertz CT molecular complexity index is 878. The van der Waals surface area contributed by atoms with Gasteiger partial charge in [-0.1, -0.05) is 50.2 Å². The maximum absolute atomic E-state index is 14.1. The SMILES string of the molecule is CC(C)(CNC(=O)C1=NN(c2ccccc2)C(=O)CC1)c1ccccc1F. The number of carbonyl (C=O) groups excluding carboxylic acids is 2. The molecular formula is C21H22FN3O2. The van der Waals surface area contributed by atoms with E-state index in [1.54, 1.807) is 30.3 Å². The van der Waals surface area contributed by atoms with Crippen molar-refractivity contribution in [3.8, 4) is 0 Å². The van der Waals surface area contributed by atoms with E-state index in [-0.39, 0.29) is 37.0 Å². The van der Waals surface area contributed by atoms with E-state index in [1.165, 1.54) is 11.1 Å². The van der Waals surface area contributed by atoms with Gasteiger partial charge in [-0.15, -0.1) is 0 Å². The van der Waals surface area contributed by atoms with Crippen LogP contribution in [-0.4, -0.2) is 24.1 Å². The van der Waals surface area contributed by atoms with Crippen LogP contribution in [0.3, 0.4) is 0 Å². The summed E-state index contributed by atoms with van der Waals surface area (Å²) in [5, 5.41) is 8.33. The molecule has 1 aliphatic heterocycles. The molecule has 1 aliphatic rings. The van der Waals surface area contributed by atoms with Gasteiger partial charge in [0.15, 0.2) is 0 Å². The molecule has 6 heteroatoms. The highest BCUT2D eigenvalue weighted by molar-refractivity contribution is 6.40. The van der Waals surface area contributed by atoms with E-state index in [0.717, 1.165) is 0 Å². The van der Waals surface area contributed by atoms with Crippen molar-refractivity contribution >= 4 is 23.2 Å². The summed E-state index contributed by atoms with van der Waals surface area (Å²) in [6, 6.07) is 15.5. The molecule has 0 fully saturated rings. The number of hydrogen-bond donors (Lipinski definition) is 1. The number of nitrogens with zero attached hydrogens (tertiary/aromatic N) is 2. The van der Waals surface area contributed by atoms with Crippen molar-refractivity contribution in [2.45, 2.75) is 32.1 Å². The van der Waals surface area contributed by atoms with Gasteiger partial charge in [-0.3, -0.25) is 9.59 Å². The second-order valence-electron chi connectivity index (χ2n) is 7.13. The molecule has 3 rings (SSSR count). The summed E-state index contributed by atoms with van der Waals surface area (Å²) in [5.41, 5.74) is 0.879. The number of hydrazone groups is 1. The fraction of sp³-hybridized carbons (Fsp3) is 0.286. The predicted molar refractivity (Wildman–Crippen MR) is 103 cm³/mol. The van der Waals surface area contributed by atoms with Gasteiger partial charge >= 0.3 is 0 Å². The first-order valence-electron chi connectivity index (χ1n) is 8.87. The molecule has 5 nitrogen and oxygen atoms in total. The molecule has 2 aromatic rings. The summed E-state index contributed by atoms with van der Waals surface area (Å²) in [7, 11) is 0. The third-order valence-electron chi connectivity index (χ3n) is 4.59.